The molecule has 0 N–H and O–H groups in total. The standard InChI is InChI=1S/C11H18O/c1-9(2)11(12)8-10-6-4-3-5-7-10/h8-9H,3-7H2,1-2H3. The molecule has 0 aromatic rings. The number of carbonyl (C=O) groups is 1. The fourth-order valence-electron chi connectivity index (χ4n) is 1.52. The van der Waals surface area contributed by atoms with Crippen molar-refractivity contribution in [2.24, 2.45) is 5.92 Å². The third-order valence-corrected chi connectivity index (χ3v) is 2.41. The second-order valence-corrected chi connectivity index (χ2v) is 3.92. The predicted molar refractivity (Wildman–Crippen MR) is 51.0 cm³/mol. The molecule has 68 valence electrons. The van der Waals surface area contributed by atoms with E-state index in [9.17, 15) is 4.79 Å². The highest BCUT2D eigenvalue weighted by molar-refractivity contribution is 5.91. The summed E-state index contributed by atoms with van der Waals surface area (Å²) < 4.78 is 0. The molecule has 12 heavy (non-hydrogen) atoms. The third kappa shape index (κ3) is 2.80. The van der Waals surface area contributed by atoms with Crippen molar-refractivity contribution in [1.82, 2.24) is 0 Å². The quantitative estimate of drug-likeness (QED) is 0.576. The summed E-state index contributed by atoms with van der Waals surface area (Å²) in [5.41, 5.74) is 1.37. The Hall–Kier alpha value is -0.590. The maximum Gasteiger partial charge on any atom is 0.158 e. The maximum absolute atomic E-state index is 11.3. The smallest absolute Gasteiger partial charge is 0.158 e. The minimum atomic E-state index is 0.166. The Labute approximate surface area is 74.9 Å². The molecule has 1 fully saturated rings. The van der Waals surface area contributed by atoms with Crippen LogP contribution in [0.5, 0.6) is 0 Å². The molecule has 0 atom stereocenters. The minimum Gasteiger partial charge on any atom is -0.295 e. The summed E-state index contributed by atoms with van der Waals surface area (Å²) in [5, 5.41) is 0. The molecular formula is C11H18O. The Bertz CT molecular complexity index is 181. The first-order chi connectivity index (χ1) is 5.70. The monoisotopic (exact) mass is 166 g/mol. The third-order valence-electron chi connectivity index (χ3n) is 2.41. The van der Waals surface area contributed by atoms with E-state index in [1.54, 1.807) is 0 Å². The van der Waals surface area contributed by atoms with E-state index >= 15 is 0 Å². The van der Waals surface area contributed by atoms with Gasteiger partial charge in [-0.1, -0.05) is 25.8 Å². The number of rotatable bonds is 2. The van der Waals surface area contributed by atoms with E-state index in [1.165, 1.54) is 24.8 Å². The van der Waals surface area contributed by atoms with E-state index in [2.05, 4.69) is 0 Å². The summed E-state index contributed by atoms with van der Waals surface area (Å²) in [4.78, 5) is 11.3. The van der Waals surface area contributed by atoms with Gasteiger partial charge in [-0.3, -0.25) is 4.79 Å². The Balaban J connectivity index is 2.48. The van der Waals surface area contributed by atoms with Gasteiger partial charge in [-0.25, -0.2) is 0 Å². The molecule has 1 aliphatic rings. The molecule has 1 saturated carbocycles. The summed E-state index contributed by atoms with van der Waals surface area (Å²) in [5.74, 6) is 0.464. The van der Waals surface area contributed by atoms with Crippen LogP contribution in [0.15, 0.2) is 11.6 Å². The van der Waals surface area contributed by atoms with Crippen molar-refractivity contribution >= 4 is 5.78 Å². The highest BCUT2D eigenvalue weighted by atomic mass is 16.1. The summed E-state index contributed by atoms with van der Waals surface area (Å²) in [6.45, 7) is 3.92. The zero-order valence-corrected chi connectivity index (χ0v) is 8.10. The summed E-state index contributed by atoms with van der Waals surface area (Å²) in [7, 11) is 0. The molecule has 0 heterocycles. The maximum atomic E-state index is 11.3. The van der Waals surface area contributed by atoms with Gasteiger partial charge in [0.15, 0.2) is 5.78 Å². The second-order valence-electron chi connectivity index (χ2n) is 3.92. The van der Waals surface area contributed by atoms with E-state index in [-0.39, 0.29) is 5.92 Å². The van der Waals surface area contributed by atoms with Crippen molar-refractivity contribution in [2.75, 3.05) is 0 Å². The molecule has 0 amide bonds. The van der Waals surface area contributed by atoms with Crippen LogP contribution in [-0.4, -0.2) is 5.78 Å². The highest BCUT2D eigenvalue weighted by Crippen LogP contribution is 2.22. The van der Waals surface area contributed by atoms with Crippen molar-refractivity contribution in [3.8, 4) is 0 Å². The lowest BCUT2D eigenvalue weighted by atomic mass is 9.93. The molecule has 1 aliphatic carbocycles. The van der Waals surface area contributed by atoms with Gasteiger partial charge in [0.05, 0.1) is 0 Å². The van der Waals surface area contributed by atoms with Crippen molar-refractivity contribution < 1.29 is 4.79 Å². The Morgan fingerprint density at radius 2 is 1.83 bits per heavy atom. The second kappa shape index (κ2) is 4.44. The lowest BCUT2D eigenvalue weighted by Crippen LogP contribution is -2.05. The molecule has 0 aliphatic heterocycles. The first-order valence-electron chi connectivity index (χ1n) is 4.93. The van der Waals surface area contributed by atoms with Gasteiger partial charge in [-0.15, -0.1) is 0 Å². The van der Waals surface area contributed by atoms with Gasteiger partial charge in [0, 0.05) is 5.92 Å². The van der Waals surface area contributed by atoms with Gasteiger partial charge in [0.2, 0.25) is 0 Å². The van der Waals surface area contributed by atoms with E-state index < -0.39 is 0 Å². The van der Waals surface area contributed by atoms with E-state index in [1.807, 2.05) is 19.9 Å². The Morgan fingerprint density at radius 1 is 1.25 bits per heavy atom. The highest BCUT2D eigenvalue weighted by Gasteiger charge is 2.09. The summed E-state index contributed by atoms with van der Waals surface area (Å²) >= 11 is 0. The van der Waals surface area contributed by atoms with Crippen molar-refractivity contribution in [2.45, 2.75) is 46.0 Å². The molecule has 0 spiro atoms. The van der Waals surface area contributed by atoms with E-state index in [4.69, 9.17) is 0 Å². The molecule has 1 heteroatoms. The SMILES string of the molecule is CC(C)C(=O)C=C1CCCCC1. The number of hydrogen-bond acceptors (Lipinski definition) is 1. The molecule has 0 bridgehead atoms. The van der Waals surface area contributed by atoms with Gasteiger partial charge < -0.3 is 0 Å². The van der Waals surface area contributed by atoms with Crippen LogP contribution in [-0.2, 0) is 4.79 Å². The van der Waals surface area contributed by atoms with Gasteiger partial charge in [0.1, 0.15) is 0 Å². The fraction of sp³-hybridized carbons (Fsp3) is 0.727. The van der Waals surface area contributed by atoms with Crippen LogP contribution in [0.25, 0.3) is 0 Å². The average molecular weight is 166 g/mol. The summed E-state index contributed by atoms with van der Waals surface area (Å²) in [6.07, 6.45) is 8.07. The average Bonchev–Trinajstić information content (AvgIpc) is 2.06. The fourth-order valence-corrected chi connectivity index (χ4v) is 1.52. The predicted octanol–water partition coefficient (Wildman–Crippen LogP) is 3.10. The van der Waals surface area contributed by atoms with Gasteiger partial charge >= 0.3 is 0 Å². The van der Waals surface area contributed by atoms with E-state index in [0.29, 0.717) is 5.78 Å². The van der Waals surface area contributed by atoms with Crippen LogP contribution in [0.3, 0.4) is 0 Å². The van der Waals surface area contributed by atoms with Crippen LogP contribution >= 0.6 is 0 Å². The van der Waals surface area contributed by atoms with Gasteiger partial charge in [-0.05, 0) is 31.8 Å². The molecule has 0 aromatic carbocycles. The molecule has 1 rings (SSSR count). The molecule has 1 nitrogen and oxygen atoms in total. The number of allylic oxidation sites excluding steroid dienone is 2. The van der Waals surface area contributed by atoms with E-state index in [0.717, 1.165) is 12.8 Å². The first-order valence-corrected chi connectivity index (χ1v) is 4.93. The topological polar surface area (TPSA) is 17.1 Å². The minimum absolute atomic E-state index is 0.166. The Morgan fingerprint density at radius 3 is 2.33 bits per heavy atom. The van der Waals surface area contributed by atoms with Crippen LogP contribution in [0.1, 0.15) is 46.0 Å². The molecule has 0 saturated heterocycles. The lowest BCUT2D eigenvalue weighted by Gasteiger charge is -2.13. The molecule has 0 radical (unpaired) electrons. The zero-order valence-electron chi connectivity index (χ0n) is 8.10. The number of hydrogen-bond donors (Lipinski definition) is 0. The van der Waals surface area contributed by atoms with Crippen molar-refractivity contribution in [1.29, 1.82) is 0 Å². The van der Waals surface area contributed by atoms with Gasteiger partial charge in [-0.2, -0.15) is 0 Å². The Kier molecular flexibility index (Phi) is 3.51. The van der Waals surface area contributed by atoms with Crippen molar-refractivity contribution in [3.63, 3.8) is 0 Å². The van der Waals surface area contributed by atoms with Gasteiger partial charge in [0.25, 0.3) is 0 Å². The largest absolute Gasteiger partial charge is 0.295 e. The lowest BCUT2D eigenvalue weighted by molar-refractivity contribution is -0.117. The number of carbonyl (C=O) groups excluding carboxylic acids is 1. The number of ketones is 1. The van der Waals surface area contributed by atoms with Crippen LogP contribution in [0.2, 0.25) is 0 Å². The first kappa shape index (κ1) is 9.50. The molecule has 0 aromatic heterocycles. The summed E-state index contributed by atoms with van der Waals surface area (Å²) in [6, 6.07) is 0. The normalized spacial score (nSPS) is 18.1. The van der Waals surface area contributed by atoms with Crippen LogP contribution in [0, 0.1) is 5.92 Å². The van der Waals surface area contributed by atoms with Crippen LogP contribution in [0.4, 0.5) is 0 Å². The molecular weight excluding hydrogens is 148 g/mol. The molecule has 0 unspecified atom stereocenters. The van der Waals surface area contributed by atoms with Crippen molar-refractivity contribution in [3.05, 3.63) is 11.6 Å². The van der Waals surface area contributed by atoms with Crippen LogP contribution < -0.4 is 0 Å². The zero-order chi connectivity index (χ0) is 8.97.